The van der Waals surface area contributed by atoms with Crippen molar-refractivity contribution in [2.24, 2.45) is 0 Å². The molecule has 0 amide bonds. The quantitative estimate of drug-likeness (QED) is 0.163. The third-order valence-corrected chi connectivity index (χ3v) is 11.2. The molecule has 3 nitrogen and oxygen atoms in total. The van der Waals surface area contributed by atoms with Crippen molar-refractivity contribution in [1.29, 1.82) is 0 Å². The average molecular weight is 729 g/mol. The van der Waals surface area contributed by atoms with Gasteiger partial charge in [0.1, 0.15) is 11.2 Å². The first-order chi connectivity index (χ1) is 28.3. The van der Waals surface area contributed by atoms with Crippen molar-refractivity contribution in [3.63, 3.8) is 0 Å². The lowest BCUT2D eigenvalue weighted by atomic mass is 9.98. The van der Waals surface area contributed by atoms with Crippen molar-refractivity contribution < 1.29 is 4.42 Å². The molecule has 9 aromatic carbocycles. The average Bonchev–Trinajstić information content (AvgIpc) is 3.84. The third kappa shape index (κ3) is 5.68. The van der Waals surface area contributed by atoms with Crippen LogP contribution < -0.4 is 4.90 Å². The van der Waals surface area contributed by atoms with Crippen molar-refractivity contribution in [2.45, 2.75) is 0 Å². The van der Waals surface area contributed by atoms with Crippen molar-refractivity contribution in [1.82, 2.24) is 4.57 Å². The summed E-state index contributed by atoms with van der Waals surface area (Å²) in [5, 5.41) is 4.78. The highest BCUT2D eigenvalue weighted by molar-refractivity contribution is 6.12. The van der Waals surface area contributed by atoms with Gasteiger partial charge in [0.15, 0.2) is 0 Å². The zero-order valence-electron chi connectivity index (χ0n) is 31.1. The Hall–Kier alpha value is -7.62. The topological polar surface area (TPSA) is 21.3 Å². The molecule has 0 N–H and O–H groups in total. The minimum Gasteiger partial charge on any atom is -0.456 e. The molecule has 0 saturated carbocycles. The van der Waals surface area contributed by atoms with E-state index in [2.05, 4.69) is 216 Å². The Balaban J connectivity index is 1.03. The van der Waals surface area contributed by atoms with Gasteiger partial charge in [-0.05, 0) is 112 Å². The van der Waals surface area contributed by atoms with Gasteiger partial charge in [-0.25, -0.2) is 0 Å². The number of rotatable bonds is 7. The normalized spacial score (nSPS) is 11.5. The first-order valence-corrected chi connectivity index (χ1v) is 19.4. The number of hydrogen-bond donors (Lipinski definition) is 0. The lowest BCUT2D eigenvalue weighted by molar-refractivity contribution is 0.669. The molecule has 11 aromatic rings. The fourth-order valence-corrected chi connectivity index (χ4v) is 8.54. The molecule has 268 valence electrons. The molecule has 0 saturated heterocycles. The van der Waals surface area contributed by atoms with Crippen LogP contribution in [0.15, 0.2) is 223 Å². The predicted octanol–water partition coefficient (Wildman–Crippen LogP) is 15.2. The van der Waals surface area contributed by atoms with E-state index in [0.29, 0.717) is 0 Å². The van der Waals surface area contributed by atoms with Crippen molar-refractivity contribution in [2.75, 3.05) is 4.90 Å². The largest absolute Gasteiger partial charge is 0.456 e. The van der Waals surface area contributed by atoms with Gasteiger partial charge in [-0.2, -0.15) is 0 Å². The lowest BCUT2D eigenvalue weighted by Gasteiger charge is -2.26. The van der Waals surface area contributed by atoms with Crippen LogP contribution in [0.4, 0.5) is 17.1 Å². The molecule has 11 rings (SSSR count). The van der Waals surface area contributed by atoms with Crippen LogP contribution in [-0.2, 0) is 0 Å². The molecule has 57 heavy (non-hydrogen) atoms. The molecular formula is C54H36N2O. The second-order valence-electron chi connectivity index (χ2n) is 14.5. The van der Waals surface area contributed by atoms with E-state index in [4.69, 9.17) is 4.42 Å². The maximum atomic E-state index is 6.25. The Bertz CT molecular complexity index is 3170. The van der Waals surface area contributed by atoms with Gasteiger partial charge in [0.25, 0.3) is 0 Å². The smallest absolute Gasteiger partial charge is 0.136 e. The number of anilines is 3. The molecule has 0 aliphatic carbocycles. The number of aromatic nitrogens is 1. The Labute approximate surface area is 330 Å². The predicted molar refractivity (Wildman–Crippen MR) is 239 cm³/mol. The molecule has 2 heterocycles. The van der Waals surface area contributed by atoms with Crippen LogP contribution in [0, 0.1) is 0 Å². The molecule has 0 bridgehead atoms. The number of furan rings is 1. The third-order valence-electron chi connectivity index (χ3n) is 11.2. The van der Waals surface area contributed by atoms with E-state index >= 15 is 0 Å². The Morgan fingerprint density at radius 2 is 0.860 bits per heavy atom. The lowest BCUT2D eigenvalue weighted by Crippen LogP contribution is -2.10. The zero-order valence-corrected chi connectivity index (χ0v) is 31.1. The summed E-state index contributed by atoms with van der Waals surface area (Å²) >= 11 is 0. The summed E-state index contributed by atoms with van der Waals surface area (Å²) in [7, 11) is 0. The number of fused-ring (bicyclic) bond motifs is 6. The van der Waals surface area contributed by atoms with E-state index in [1.165, 1.54) is 38.5 Å². The molecule has 0 aliphatic heterocycles. The fraction of sp³-hybridized carbons (Fsp3) is 0. The van der Waals surface area contributed by atoms with Gasteiger partial charge in [-0.15, -0.1) is 0 Å². The summed E-state index contributed by atoms with van der Waals surface area (Å²) in [5.41, 5.74) is 15.6. The summed E-state index contributed by atoms with van der Waals surface area (Å²) in [6.45, 7) is 0. The monoisotopic (exact) mass is 728 g/mol. The van der Waals surface area contributed by atoms with E-state index in [1.54, 1.807) is 0 Å². The SMILES string of the molecule is c1ccc(-c2cccc(-c3cccc(N(c4ccc(-c5cccc6oc7ccccc7c56)cc4)c4ccc(-n5c6ccccc6c6ccccc65)cc4)c3)c2)cc1. The molecule has 3 heteroatoms. The zero-order chi connectivity index (χ0) is 37.7. The van der Waals surface area contributed by atoms with E-state index in [-0.39, 0.29) is 0 Å². The highest BCUT2D eigenvalue weighted by atomic mass is 16.3. The van der Waals surface area contributed by atoms with E-state index in [0.717, 1.165) is 61.4 Å². The number of nitrogens with zero attached hydrogens (tertiary/aromatic N) is 2. The van der Waals surface area contributed by atoms with Crippen LogP contribution in [-0.4, -0.2) is 4.57 Å². The summed E-state index contributed by atoms with van der Waals surface area (Å²) in [4.78, 5) is 2.36. The van der Waals surface area contributed by atoms with Gasteiger partial charge >= 0.3 is 0 Å². The van der Waals surface area contributed by atoms with Crippen LogP contribution in [0.5, 0.6) is 0 Å². The Morgan fingerprint density at radius 1 is 0.333 bits per heavy atom. The Morgan fingerprint density at radius 3 is 1.58 bits per heavy atom. The van der Waals surface area contributed by atoms with Crippen molar-refractivity contribution in [3.05, 3.63) is 218 Å². The van der Waals surface area contributed by atoms with Gasteiger partial charge in [-0.3, -0.25) is 0 Å². The molecule has 0 atom stereocenters. The molecule has 0 aliphatic rings. The summed E-state index contributed by atoms with van der Waals surface area (Å²) in [5.74, 6) is 0. The van der Waals surface area contributed by atoms with Crippen LogP contribution in [0.3, 0.4) is 0 Å². The maximum Gasteiger partial charge on any atom is 0.136 e. The molecule has 0 fully saturated rings. The molecule has 0 radical (unpaired) electrons. The Kier molecular flexibility index (Phi) is 7.82. The first kappa shape index (κ1) is 32.8. The van der Waals surface area contributed by atoms with Gasteiger partial charge in [-0.1, -0.05) is 140 Å². The minimum atomic E-state index is 0.899. The standard InChI is InChI=1S/C54H36N2O/c1-2-13-37(14-3-1)39-15-10-16-40(35-39)41-17-11-18-45(36-41)55(42-29-27-38(28-30-42)46-22-12-26-53-54(46)49-21-6-9-25-52(49)57-53)43-31-33-44(34-32-43)56-50-23-7-4-19-47(50)48-20-5-8-24-51(48)56/h1-36H. The van der Waals surface area contributed by atoms with Crippen molar-refractivity contribution in [3.8, 4) is 39.1 Å². The second kappa shape index (κ2) is 13.6. The van der Waals surface area contributed by atoms with E-state index < -0.39 is 0 Å². The van der Waals surface area contributed by atoms with E-state index in [9.17, 15) is 0 Å². The first-order valence-electron chi connectivity index (χ1n) is 19.4. The number of hydrogen-bond acceptors (Lipinski definition) is 2. The fourth-order valence-electron chi connectivity index (χ4n) is 8.54. The molecular weight excluding hydrogens is 693 g/mol. The highest BCUT2D eigenvalue weighted by Gasteiger charge is 2.18. The second-order valence-corrected chi connectivity index (χ2v) is 14.5. The van der Waals surface area contributed by atoms with Gasteiger partial charge in [0.2, 0.25) is 0 Å². The molecule has 0 unspecified atom stereocenters. The summed E-state index contributed by atoms with van der Waals surface area (Å²) in [6.07, 6.45) is 0. The van der Waals surface area contributed by atoms with Crippen molar-refractivity contribution >= 4 is 60.8 Å². The number of benzene rings is 9. The number of para-hydroxylation sites is 3. The summed E-state index contributed by atoms with van der Waals surface area (Å²) < 4.78 is 8.62. The van der Waals surface area contributed by atoms with E-state index in [1.807, 2.05) is 12.1 Å². The van der Waals surface area contributed by atoms with Crippen LogP contribution >= 0.6 is 0 Å². The minimum absolute atomic E-state index is 0.899. The van der Waals surface area contributed by atoms with Gasteiger partial charge in [0.05, 0.1) is 11.0 Å². The molecule has 2 aromatic heterocycles. The van der Waals surface area contributed by atoms with Crippen LogP contribution in [0.1, 0.15) is 0 Å². The van der Waals surface area contributed by atoms with Crippen LogP contribution in [0.25, 0.3) is 82.8 Å². The summed E-state index contributed by atoms with van der Waals surface area (Å²) in [6, 6.07) is 78.1. The molecule has 0 spiro atoms. The van der Waals surface area contributed by atoms with Gasteiger partial charge < -0.3 is 13.9 Å². The van der Waals surface area contributed by atoms with Gasteiger partial charge in [0, 0.05) is 44.3 Å². The maximum absolute atomic E-state index is 6.25. The highest BCUT2D eigenvalue weighted by Crippen LogP contribution is 2.41. The van der Waals surface area contributed by atoms with Crippen LogP contribution in [0.2, 0.25) is 0 Å².